The van der Waals surface area contributed by atoms with Gasteiger partial charge in [0.15, 0.2) is 0 Å². The molecular formula is C27H25FN2O3. The van der Waals surface area contributed by atoms with Gasteiger partial charge in [0.2, 0.25) is 0 Å². The van der Waals surface area contributed by atoms with Crippen LogP contribution in [0.15, 0.2) is 72.4 Å². The average molecular weight is 445 g/mol. The van der Waals surface area contributed by atoms with Crippen LogP contribution in [0.1, 0.15) is 30.0 Å². The summed E-state index contributed by atoms with van der Waals surface area (Å²) in [7, 11) is 0. The number of rotatable bonds is 7. The first-order valence-corrected chi connectivity index (χ1v) is 10.9. The van der Waals surface area contributed by atoms with Crippen molar-refractivity contribution in [2.75, 3.05) is 16.8 Å². The van der Waals surface area contributed by atoms with Crippen LogP contribution in [0.3, 0.4) is 0 Å². The molecule has 0 aliphatic carbocycles. The summed E-state index contributed by atoms with van der Waals surface area (Å²) >= 11 is 0. The van der Waals surface area contributed by atoms with Gasteiger partial charge < -0.3 is 10.1 Å². The van der Waals surface area contributed by atoms with E-state index in [1.54, 1.807) is 24.3 Å². The van der Waals surface area contributed by atoms with Crippen LogP contribution in [0.2, 0.25) is 0 Å². The lowest BCUT2D eigenvalue weighted by atomic mass is 10.0. The first kappa shape index (κ1) is 22.3. The van der Waals surface area contributed by atoms with Crippen LogP contribution in [0.5, 0.6) is 5.75 Å². The fourth-order valence-electron chi connectivity index (χ4n) is 3.73. The van der Waals surface area contributed by atoms with Crippen LogP contribution in [0, 0.1) is 19.7 Å². The Morgan fingerprint density at radius 2 is 1.67 bits per heavy atom. The summed E-state index contributed by atoms with van der Waals surface area (Å²) < 4.78 is 19.4. The van der Waals surface area contributed by atoms with Crippen molar-refractivity contribution in [3.63, 3.8) is 0 Å². The van der Waals surface area contributed by atoms with Gasteiger partial charge in [-0.15, -0.1) is 0 Å². The minimum absolute atomic E-state index is 0.144. The van der Waals surface area contributed by atoms with Gasteiger partial charge in [-0.05, 0) is 67.3 Å². The maximum Gasteiger partial charge on any atom is 0.282 e. The number of imide groups is 1. The van der Waals surface area contributed by atoms with E-state index in [0.717, 1.165) is 28.1 Å². The Labute approximate surface area is 192 Å². The number of carbonyl (C=O) groups is 2. The molecule has 1 heterocycles. The number of ether oxygens (including phenoxy) is 1. The summed E-state index contributed by atoms with van der Waals surface area (Å²) in [6.07, 6.45) is 0.786. The molecule has 3 aromatic rings. The van der Waals surface area contributed by atoms with Gasteiger partial charge in [0.25, 0.3) is 11.8 Å². The standard InChI is InChI=1S/C27H25FN2O3/c1-4-15-33-23-8-6-5-7-22(23)30-26(31)24(19-11-13-20(28)14-12-19)25(27(30)32)29-21-16-17(2)9-10-18(21)3/h5-14,16,29H,4,15H2,1-3H3. The number of nitrogens with zero attached hydrogens (tertiary/aromatic N) is 1. The fourth-order valence-corrected chi connectivity index (χ4v) is 3.73. The number of anilines is 2. The van der Waals surface area contributed by atoms with Gasteiger partial charge in [0.05, 0.1) is 17.9 Å². The molecule has 0 spiro atoms. The molecule has 0 aromatic heterocycles. The molecule has 0 atom stereocenters. The Kier molecular flexibility index (Phi) is 6.27. The largest absolute Gasteiger partial charge is 0.491 e. The third kappa shape index (κ3) is 4.37. The van der Waals surface area contributed by atoms with E-state index in [0.29, 0.717) is 23.6 Å². The molecule has 0 saturated heterocycles. The van der Waals surface area contributed by atoms with Crippen molar-refractivity contribution < 1.29 is 18.7 Å². The molecule has 1 aliphatic heterocycles. The first-order chi connectivity index (χ1) is 15.9. The zero-order valence-electron chi connectivity index (χ0n) is 18.8. The predicted molar refractivity (Wildman–Crippen MR) is 128 cm³/mol. The molecule has 1 N–H and O–H groups in total. The Balaban J connectivity index is 1.83. The quantitative estimate of drug-likeness (QED) is 0.480. The normalized spacial score (nSPS) is 13.6. The number of benzene rings is 3. The second-order valence-corrected chi connectivity index (χ2v) is 7.96. The van der Waals surface area contributed by atoms with E-state index < -0.39 is 17.6 Å². The van der Waals surface area contributed by atoms with E-state index in [1.165, 1.54) is 24.3 Å². The number of hydrogen-bond acceptors (Lipinski definition) is 4. The van der Waals surface area contributed by atoms with Crippen LogP contribution in [-0.4, -0.2) is 18.4 Å². The Bertz CT molecular complexity index is 1250. The molecule has 0 bridgehead atoms. The van der Waals surface area contributed by atoms with Gasteiger partial charge in [-0.1, -0.05) is 43.3 Å². The molecule has 2 amide bonds. The van der Waals surface area contributed by atoms with Crippen LogP contribution in [0.25, 0.3) is 5.57 Å². The van der Waals surface area contributed by atoms with Crippen LogP contribution >= 0.6 is 0 Å². The van der Waals surface area contributed by atoms with Crippen molar-refractivity contribution in [1.82, 2.24) is 0 Å². The predicted octanol–water partition coefficient (Wildman–Crippen LogP) is 5.63. The van der Waals surface area contributed by atoms with Crippen molar-refractivity contribution in [3.05, 3.63) is 94.9 Å². The molecule has 168 valence electrons. The van der Waals surface area contributed by atoms with Crippen molar-refractivity contribution >= 4 is 28.8 Å². The van der Waals surface area contributed by atoms with E-state index >= 15 is 0 Å². The number of hydrogen-bond donors (Lipinski definition) is 1. The van der Waals surface area contributed by atoms with E-state index in [4.69, 9.17) is 4.74 Å². The smallest absolute Gasteiger partial charge is 0.282 e. The van der Waals surface area contributed by atoms with E-state index in [1.807, 2.05) is 39.0 Å². The zero-order valence-corrected chi connectivity index (χ0v) is 18.8. The minimum Gasteiger partial charge on any atom is -0.491 e. The highest BCUT2D eigenvalue weighted by atomic mass is 19.1. The summed E-state index contributed by atoms with van der Waals surface area (Å²) in [5, 5.41) is 3.19. The molecule has 0 saturated carbocycles. The zero-order chi connectivity index (χ0) is 23.5. The number of halogens is 1. The molecule has 5 nitrogen and oxygen atoms in total. The van der Waals surface area contributed by atoms with Gasteiger partial charge in [-0.2, -0.15) is 0 Å². The highest BCUT2D eigenvalue weighted by Crippen LogP contribution is 2.38. The second-order valence-electron chi connectivity index (χ2n) is 7.96. The summed E-state index contributed by atoms with van der Waals surface area (Å²) in [4.78, 5) is 28.4. The van der Waals surface area contributed by atoms with E-state index in [-0.39, 0.29) is 11.3 Å². The lowest BCUT2D eigenvalue weighted by molar-refractivity contribution is -0.120. The highest BCUT2D eigenvalue weighted by Gasteiger charge is 2.41. The number of para-hydroxylation sites is 2. The lowest BCUT2D eigenvalue weighted by Gasteiger charge is -2.19. The van der Waals surface area contributed by atoms with Crippen LogP contribution < -0.4 is 15.0 Å². The number of amides is 2. The second kappa shape index (κ2) is 9.28. The van der Waals surface area contributed by atoms with Crippen molar-refractivity contribution in [2.45, 2.75) is 27.2 Å². The molecule has 6 heteroatoms. The van der Waals surface area contributed by atoms with Crippen molar-refractivity contribution in [1.29, 1.82) is 0 Å². The number of aryl methyl sites for hydroxylation is 2. The Hall–Kier alpha value is -3.93. The topological polar surface area (TPSA) is 58.6 Å². The van der Waals surface area contributed by atoms with Crippen molar-refractivity contribution in [3.8, 4) is 5.75 Å². The van der Waals surface area contributed by atoms with Gasteiger partial charge in [0.1, 0.15) is 17.3 Å². The maximum absolute atomic E-state index is 13.6. The maximum atomic E-state index is 13.6. The minimum atomic E-state index is -0.494. The van der Waals surface area contributed by atoms with E-state index in [9.17, 15) is 14.0 Å². The van der Waals surface area contributed by atoms with Gasteiger partial charge in [0, 0.05) is 5.69 Å². The molecule has 33 heavy (non-hydrogen) atoms. The summed E-state index contributed by atoms with van der Waals surface area (Å²) in [6.45, 7) is 6.32. The van der Waals surface area contributed by atoms with Gasteiger partial charge in [-0.3, -0.25) is 9.59 Å². The third-order valence-electron chi connectivity index (χ3n) is 5.44. The van der Waals surface area contributed by atoms with Gasteiger partial charge in [-0.25, -0.2) is 9.29 Å². The van der Waals surface area contributed by atoms with Crippen LogP contribution in [0.4, 0.5) is 15.8 Å². The summed E-state index contributed by atoms with van der Waals surface area (Å²) in [5.74, 6) is -0.956. The number of nitrogens with one attached hydrogen (secondary N) is 1. The highest BCUT2D eigenvalue weighted by molar-refractivity contribution is 6.46. The monoisotopic (exact) mass is 444 g/mol. The molecule has 1 aliphatic rings. The fraction of sp³-hybridized carbons (Fsp3) is 0.185. The SMILES string of the molecule is CCCOc1ccccc1N1C(=O)C(Nc2cc(C)ccc2C)=C(c2ccc(F)cc2)C1=O. The Morgan fingerprint density at radius 1 is 0.939 bits per heavy atom. The summed E-state index contributed by atoms with van der Waals surface area (Å²) in [5.41, 5.74) is 3.83. The molecule has 3 aromatic carbocycles. The third-order valence-corrected chi connectivity index (χ3v) is 5.44. The Morgan fingerprint density at radius 3 is 2.39 bits per heavy atom. The lowest BCUT2D eigenvalue weighted by Crippen LogP contribution is -2.32. The van der Waals surface area contributed by atoms with Gasteiger partial charge >= 0.3 is 0 Å². The number of carbonyl (C=O) groups excluding carboxylic acids is 2. The average Bonchev–Trinajstić information content (AvgIpc) is 3.05. The molecule has 0 radical (unpaired) electrons. The molecule has 4 rings (SSSR count). The summed E-state index contributed by atoms with van der Waals surface area (Å²) in [6, 6.07) is 18.4. The van der Waals surface area contributed by atoms with E-state index in [2.05, 4.69) is 5.32 Å². The van der Waals surface area contributed by atoms with Crippen molar-refractivity contribution in [2.24, 2.45) is 0 Å². The first-order valence-electron chi connectivity index (χ1n) is 10.9. The molecule has 0 unspecified atom stereocenters. The van der Waals surface area contributed by atoms with Crippen LogP contribution in [-0.2, 0) is 9.59 Å². The molecule has 0 fully saturated rings. The molecular weight excluding hydrogens is 419 g/mol.